The van der Waals surface area contributed by atoms with Crippen molar-refractivity contribution in [2.24, 2.45) is 0 Å². The molecule has 1 aromatic carbocycles. The van der Waals surface area contributed by atoms with E-state index in [0.717, 1.165) is 11.0 Å². The molecule has 15 heavy (non-hydrogen) atoms. The fraction of sp³-hybridized carbons (Fsp3) is 0.273. The van der Waals surface area contributed by atoms with E-state index in [-0.39, 0.29) is 6.04 Å². The monoisotopic (exact) mass is 221 g/mol. The van der Waals surface area contributed by atoms with Crippen LogP contribution in [0.25, 0.3) is 11.0 Å². The molecule has 0 atom stereocenters. The molecule has 4 heteroatoms. The summed E-state index contributed by atoms with van der Waals surface area (Å²) >= 11 is 6.01. The number of hydrogen-bond acceptors (Lipinski definition) is 3. The molecule has 3 nitrogen and oxygen atoms in total. The van der Waals surface area contributed by atoms with E-state index in [1.165, 1.54) is 0 Å². The van der Waals surface area contributed by atoms with Crippen molar-refractivity contribution in [3.63, 3.8) is 0 Å². The second-order valence-electron chi connectivity index (χ2n) is 3.65. The van der Waals surface area contributed by atoms with Crippen molar-refractivity contribution in [2.45, 2.75) is 19.9 Å². The van der Waals surface area contributed by atoms with Gasteiger partial charge in [-0.3, -0.25) is 0 Å². The molecule has 0 aliphatic rings. The van der Waals surface area contributed by atoms with Gasteiger partial charge in [-0.1, -0.05) is 23.7 Å². The predicted molar refractivity (Wildman–Crippen MR) is 63.3 cm³/mol. The zero-order valence-electron chi connectivity index (χ0n) is 8.66. The van der Waals surface area contributed by atoms with Gasteiger partial charge in [0.05, 0.1) is 11.0 Å². The lowest BCUT2D eigenvalue weighted by Gasteiger charge is -2.10. The minimum atomic E-state index is 0.290. The second-order valence-corrected chi connectivity index (χ2v) is 4.01. The van der Waals surface area contributed by atoms with Crippen LogP contribution in [-0.2, 0) is 0 Å². The Bertz CT molecular complexity index is 482. The zero-order chi connectivity index (χ0) is 10.8. The van der Waals surface area contributed by atoms with Gasteiger partial charge in [0, 0.05) is 6.04 Å². The van der Waals surface area contributed by atoms with Crippen LogP contribution in [0.1, 0.15) is 13.8 Å². The topological polar surface area (TPSA) is 37.8 Å². The van der Waals surface area contributed by atoms with Crippen LogP contribution < -0.4 is 5.32 Å². The minimum absolute atomic E-state index is 0.290. The normalized spacial score (nSPS) is 10.9. The van der Waals surface area contributed by atoms with Crippen molar-refractivity contribution in [3.05, 3.63) is 29.4 Å². The Morgan fingerprint density at radius 1 is 1.13 bits per heavy atom. The van der Waals surface area contributed by atoms with E-state index in [2.05, 4.69) is 15.3 Å². The molecule has 0 bridgehead atoms. The van der Waals surface area contributed by atoms with Gasteiger partial charge >= 0.3 is 0 Å². The van der Waals surface area contributed by atoms with Crippen LogP contribution in [0.5, 0.6) is 0 Å². The molecule has 2 rings (SSSR count). The molecule has 1 heterocycles. The quantitative estimate of drug-likeness (QED) is 0.847. The molecule has 0 aliphatic heterocycles. The zero-order valence-corrected chi connectivity index (χ0v) is 9.42. The van der Waals surface area contributed by atoms with Gasteiger partial charge in [-0.25, -0.2) is 9.97 Å². The number of fused-ring (bicyclic) bond motifs is 1. The van der Waals surface area contributed by atoms with E-state index in [4.69, 9.17) is 11.6 Å². The Balaban J connectivity index is 2.52. The minimum Gasteiger partial charge on any atom is -0.365 e. The molecule has 0 amide bonds. The van der Waals surface area contributed by atoms with Crippen molar-refractivity contribution in [1.29, 1.82) is 0 Å². The molecule has 0 saturated carbocycles. The first-order valence-corrected chi connectivity index (χ1v) is 5.23. The molecule has 0 spiro atoms. The summed E-state index contributed by atoms with van der Waals surface area (Å²) in [5.74, 6) is 0.644. The van der Waals surface area contributed by atoms with Gasteiger partial charge in [0.25, 0.3) is 0 Å². The third-order valence-electron chi connectivity index (χ3n) is 1.95. The number of aromatic nitrogens is 2. The van der Waals surface area contributed by atoms with Crippen molar-refractivity contribution < 1.29 is 0 Å². The Labute approximate surface area is 93.5 Å². The summed E-state index contributed by atoms with van der Waals surface area (Å²) in [5.41, 5.74) is 1.67. The van der Waals surface area contributed by atoms with Crippen LogP contribution in [0.15, 0.2) is 24.3 Å². The van der Waals surface area contributed by atoms with Gasteiger partial charge in [0.2, 0.25) is 0 Å². The first-order valence-electron chi connectivity index (χ1n) is 4.85. The first kappa shape index (κ1) is 10.2. The number of rotatable bonds is 2. The number of nitrogens with zero attached hydrogens (tertiary/aromatic N) is 2. The van der Waals surface area contributed by atoms with Gasteiger partial charge in [-0.05, 0) is 26.0 Å². The van der Waals surface area contributed by atoms with Crippen LogP contribution in [0.2, 0.25) is 5.15 Å². The van der Waals surface area contributed by atoms with Crippen molar-refractivity contribution in [1.82, 2.24) is 9.97 Å². The summed E-state index contributed by atoms with van der Waals surface area (Å²) in [4.78, 5) is 8.68. The Morgan fingerprint density at radius 2 is 1.73 bits per heavy atom. The standard InChI is InChI=1S/C11H12ClN3/c1-7(2)13-11-10(12)14-8-5-3-4-6-9(8)15-11/h3-7H,1-2H3,(H,13,15). The fourth-order valence-electron chi connectivity index (χ4n) is 1.34. The average Bonchev–Trinajstić information content (AvgIpc) is 2.18. The van der Waals surface area contributed by atoms with E-state index >= 15 is 0 Å². The van der Waals surface area contributed by atoms with Crippen molar-refractivity contribution in [3.8, 4) is 0 Å². The second kappa shape index (κ2) is 4.03. The molecule has 78 valence electrons. The summed E-state index contributed by atoms with van der Waals surface area (Å²) in [6.07, 6.45) is 0. The first-order chi connectivity index (χ1) is 7.16. The molecule has 2 aromatic rings. The smallest absolute Gasteiger partial charge is 0.172 e. The highest BCUT2D eigenvalue weighted by Crippen LogP contribution is 2.21. The highest BCUT2D eigenvalue weighted by Gasteiger charge is 2.06. The van der Waals surface area contributed by atoms with Crippen LogP contribution >= 0.6 is 11.6 Å². The summed E-state index contributed by atoms with van der Waals surface area (Å²) in [6, 6.07) is 7.96. The van der Waals surface area contributed by atoms with Crippen LogP contribution in [0.3, 0.4) is 0 Å². The molecular weight excluding hydrogens is 210 g/mol. The average molecular weight is 222 g/mol. The third kappa shape index (κ3) is 2.18. The molecule has 1 N–H and O–H groups in total. The van der Waals surface area contributed by atoms with Crippen molar-refractivity contribution in [2.75, 3.05) is 5.32 Å². The number of anilines is 1. The third-order valence-corrected chi connectivity index (χ3v) is 2.22. The summed E-state index contributed by atoms with van der Waals surface area (Å²) < 4.78 is 0. The lowest BCUT2D eigenvalue weighted by atomic mass is 10.3. The number of benzene rings is 1. The largest absolute Gasteiger partial charge is 0.365 e. The highest BCUT2D eigenvalue weighted by molar-refractivity contribution is 6.32. The van der Waals surface area contributed by atoms with E-state index in [1.807, 2.05) is 38.1 Å². The van der Waals surface area contributed by atoms with Crippen LogP contribution in [0.4, 0.5) is 5.82 Å². The van der Waals surface area contributed by atoms with Gasteiger partial charge in [-0.2, -0.15) is 0 Å². The number of para-hydroxylation sites is 2. The molecule has 0 saturated heterocycles. The van der Waals surface area contributed by atoms with Gasteiger partial charge in [-0.15, -0.1) is 0 Å². The van der Waals surface area contributed by atoms with E-state index < -0.39 is 0 Å². The maximum absolute atomic E-state index is 6.01. The Kier molecular flexibility index (Phi) is 2.73. The van der Waals surface area contributed by atoms with E-state index in [9.17, 15) is 0 Å². The molecule has 0 fully saturated rings. The fourth-order valence-corrected chi connectivity index (χ4v) is 1.53. The Hall–Kier alpha value is -1.35. The molecule has 1 aromatic heterocycles. The number of nitrogens with one attached hydrogen (secondary N) is 1. The maximum Gasteiger partial charge on any atom is 0.172 e. The van der Waals surface area contributed by atoms with Crippen LogP contribution in [0, 0.1) is 0 Å². The lowest BCUT2D eigenvalue weighted by Crippen LogP contribution is -2.12. The highest BCUT2D eigenvalue weighted by atomic mass is 35.5. The molecule has 0 unspecified atom stereocenters. The number of hydrogen-bond donors (Lipinski definition) is 1. The van der Waals surface area contributed by atoms with Crippen molar-refractivity contribution >= 4 is 28.5 Å². The summed E-state index contributed by atoms with van der Waals surface area (Å²) in [6.45, 7) is 4.07. The SMILES string of the molecule is CC(C)Nc1nc2ccccc2nc1Cl. The van der Waals surface area contributed by atoms with Crippen LogP contribution in [-0.4, -0.2) is 16.0 Å². The predicted octanol–water partition coefficient (Wildman–Crippen LogP) is 3.10. The van der Waals surface area contributed by atoms with Gasteiger partial charge in [0.1, 0.15) is 0 Å². The molecule has 0 aliphatic carbocycles. The van der Waals surface area contributed by atoms with Gasteiger partial charge in [0.15, 0.2) is 11.0 Å². The lowest BCUT2D eigenvalue weighted by molar-refractivity contribution is 0.889. The van der Waals surface area contributed by atoms with E-state index in [1.54, 1.807) is 0 Å². The van der Waals surface area contributed by atoms with E-state index in [0.29, 0.717) is 11.0 Å². The van der Waals surface area contributed by atoms with Gasteiger partial charge < -0.3 is 5.32 Å². The maximum atomic E-state index is 6.01. The summed E-state index contributed by atoms with van der Waals surface area (Å²) in [7, 11) is 0. The summed E-state index contributed by atoms with van der Waals surface area (Å²) in [5, 5.41) is 3.58. The molecular formula is C11H12ClN3. The number of halogens is 1. The molecule has 0 radical (unpaired) electrons. The Morgan fingerprint density at radius 3 is 2.33 bits per heavy atom.